The van der Waals surface area contributed by atoms with Crippen LogP contribution in [0.2, 0.25) is 0 Å². The zero-order valence-corrected chi connectivity index (χ0v) is 12.0. The van der Waals surface area contributed by atoms with E-state index in [1.807, 2.05) is 0 Å². The van der Waals surface area contributed by atoms with Crippen molar-refractivity contribution in [2.75, 3.05) is 26.3 Å². The van der Waals surface area contributed by atoms with E-state index >= 15 is 0 Å². The van der Waals surface area contributed by atoms with Gasteiger partial charge in [-0.1, -0.05) is 12.8 Å². The van der Waals surface area contributed by atoms with Crippen molar-refractivity contribution in [3.8, 4) is 0 Å². The van der Waals surface area contributed by atoms with Gasteiger partial charge in [-0.25, -0.2) is 0 Å². The minimum Gasteiger partial charge on any atom is -0.375 e. The lowest BCUT2D eigenvalue weighted by molar-refractivity contribution is -0.0201. The van der Waals surface area contributed by atoms with Crippen molar-refractivity contribution < 1.29 is 9.47 Å². The molecular weight excluding hydrogens is 250 g/mol. The van der Waals surface area contributed by atoms with E-state index < -0.39 is 0 Å². The highest BCUT2D eigenvalue weighted by molar-refractivity contribution is 5.85. The number of hydrogen-bond acceptors (Lipinski definition) is 3. The topological polar surface area (TPSA) is 30.5 Å². The Morgan fingerprint density at radius 2 is 2.06 bits per heavy atom. The van der Waals surface area contributed by atoms with Gasteiger partial charge in [0, 0.05) is 19.6 Å². The maximum atomic E-state index is 6.06. The van der Waals surface area contributed by atoms with Gasteiger partial charge in [0.1, 0.15) is 0 Å². The van der Waals surface area contributed by atoms with Crippen molar-refractivity contribution in [1.82, 2.24) is 5.32 Å². The Morgan fingerprint density at radius 1 is 1.22 bits per heavy atom. The number of piperidine rings is 1. The SMILES string of the molecule is C1CCC(CO[C@@H]2CO[C@]3(CCCNC3)C2)C1.Cl. The van der Waals surface area contributed by atoms with E-state index in [2.05, 4.69) is 5.32 Å². The molecule has 0 radical (unpaired) electrons. The van der Waals surface area contributed by atoms with Gasteiger partial charge in [-0.05, 0) is 38.1 Å². The van der Waals surface area contributed by atoms with Gasteiger partial charge < -0.3 is 14.8 Å². The molecule has 0 aromatic carbocycles. The van der Waals surface area contributed by atoms with Crippen molar-refractivity contribution in [1.29, 1.82) is 0 Å². The first-order valence-electron chi connectivity index (χ1n) is 7.33. The summed E-state index contributed by atoms with van der Waals surface area (Å²) >= 11 is 0. The summed E-state index contributed by atoms with van der Waals surface area (Å²) in [4.78, 5) is 0. The summed E-state index contributed by atoms with van der Waals surface area (Å²) in [6, 6.07) is 0. The molecule has 2 saturated heterocycles. The van der Waals surface area contributed by atoms with Crippen LogP contribution >= 0.6 is 12.4 Å². The molecule has 0 amide bonds. The van der Waals surface area contributed by atoms with Gasteiger partial charge >= 0.3 is 0 Å². The third-order valence-corrected chi connectivity index (χ3v) is 4.65. The first-order chi connectivity index (χ1) is 8.36. The molecule has 0 aromatic rings. The van der Waals surface area contributed by atoms with Crippen LogP contribution in [0.5, 0.6) is 0 Å². The fourth-order valence-corrected chi connectivity index (χ4v) is 3.60. The van der Waals surface area contributed by atoms with E-state index in [0.717, 1.165) is 38.6 Å². The Labute approximate surface area is 116 Å². The lowest BCUT2D eigenvalue weighted by Gasteiger charge is -2.32. The smallest absolute Gasteiger partial charge is 0.0836 e. The monoisotopic (exact) mass is 275 g/mol. The van der Waals surface area contributed by atoms with Crippen LogP contribution in [0.3, 0.4) is 0 Å². The molecular formula is C14H26ClNO2. The Hall–Kier alpha value is 0.170. The molecule has 3 nitrogen and oxygen atoms in total. The van der Waals surface area contributed by atoms with Gasteiger partial charge in [-0.2, -0.15) is 0 Å². The van der Waals surface area contributed by atoms with Gasteiger partial charge in [-0.15, -0.1) is 12.4 Å². The first kappa shape index (κ1) is 14.6. The Kier molecular flexibility index (Phi) is 5.31. The van der Waals surface area contributed by atoms with Crippen molar-refractivity contribution in [3.05, 3.63) is 0 Å². The quantitative estimate of drug-likeness (QED) is 0.859. The largest absolute Gasteiger partial charge is 0.375 e. The fourth-order valence-electron chi connectivity index (χ4n) is 3.60. The van der Waals surface area contributed by atoms with Gasteiger partial charge in [0.2, 0.25) is 0 Å². The molecule has 2 atom stereocenters. The summed E-state index contributed by atoms with van der Waals surface area (Å²) in [6.45, 7) is 3.96. The van der Waals surface area contributed by atoms with Crippen LogP contribution < -0.4 is 5.32 Å². The number of ether oxygens (including phenoxy) is 2. The van der Waals surface area contributed by atoms with Gasteiger partial charge in [-0.3, -0.25) is 0 Å². The molecule has 0 aromatic heterocycles. The third-order valence-electron chi connectivity index (χ3n) is 4.65. The van der Waals surface area contributed by atoms with Crippen LogP contribution in [-0.2, 0) is 9.47 Å². The van der Waals surface area contributed by atoms with E-state index in [1.165, 1.54) is 38.5 Å². The molecule has 0 bridgehead atoms. The van der Waals surface area contributed by atoms with Gasteiger partial charge in [0.05, 0.1) is 18.3 Å². The zero-order valence-electron chi connectivity index (χ0n) is 11.2. The van der Waals surface area contributed by atoms with Crippen molar-refractivity contribution >= 4 is 12.4 Å². The van der Waals surface area contributed by atoms with Crippen LogP contribution in [0.1, 0.15) is 44.9 Å². The highest BCUT2D eigenvalue weighted by atomic mass is 35.5. The molecule has 2 aliphatic heterocycles. The van der Waals surface area contributed by atoms with Crippen LogP contribution in [-0.4, -0.2) is 38.0 Å². The normalized spacial score (nSPS) is 37.0. The molecule has 4 heteroatoms. The predicted octanol–water partition coefficient (Wildman–Crippen LogP) is 2.53. The summed E-state index contributed by atoms with van der Waals surface area (Å²) in [5.74, 6) is 0.830. The molecule has 1 aliphatic carbocycles. The summed E-state index contributed by atoms with van der Waals surface area (Å²) in [7, 11) is 0. The molecule has 1 N–H and O–H groups in total. The summed E-state index contributed by atoms with van der Waals surface area (Å²) in [5.41, 5.74) is 0.110. The molecule has 3 rings (SSSR count). The second kappa shape index (κ2) is 6.56. The van der Waals surface area contributed by atoms with E-state index in [0.29, 0.717) is 6.10 Å². The predicted molar refractivity (Wildman–Crippen MR) is 74.3 cm³/mol. The van der Waals surface area contributed by atoms with Gasteiger partial charge in [0.25, 0.3) is 0 Å². The molecule has 106 valence electrons. The average molecular weight is 276 g/mol. The fraction of sp³-hybridized carbons (Fsp3) is 1.00. The standard InChI is InChI=1S/C14H25NO2.ClH/c1-2-5-12(4-1)9-16-13-8-14(17-10-13)6-3-7-15-11-14;/h12-13,15H,1-11H2;1H/t13-,14+;/m0./s1. The van der Waals surface area contributed by atoms with E-state index in [1.54, 1.807) is 0 Å². The number of halogens is 1. The highest BCUT2D eigenvalue weighted by Gasteiger charge is 2.41. The molecule has 18 heavy (non-hydrogen) atoms. The molecule has 1 spiro atoms. The lowest BCUT2D eigenvalue weighted by Crippen LogP contribution is -2.45. The minimum absolute atomic E-state index is 0. The van der Waals surface area contributed by atoms with Crippen molar-refractivity contribution in [2.24, 2.45) is 5.92 Å². The maximum absolute atomic E-state index is 6.06. The summed E-state index contributed by atoms with van der Waals surface area (Å²) in [6.07, 6.45) is 9.48. The highest BCUT2D eigenvalue weighted by Crippen LogP contribution is 2.34. The van der Waals surface area contributed by atoms with Crippen LogP contribution in [0, 0.1) is 5.92 Å². The second-order valence-corrected chi connectivity index (χ2v) is 6.08. The van der Waals surface area contributed by atoms with Crippen molar-refractivity contribution in [2.45, 2.75) is 56.7 Å². The average Bonchev–Trinajstić information content (AvgIpc) is 2.98. The maximum Gasteiger partial charge on any atom is 0.0836 e. The Balaban J connectivity index is 0.00000120. The summed E-state index contributed by atoms with van der Waals surface area (Å²) < 4.78 is 12.1. The van der Waals surface area contributed by atoms with Crippen LogP contribution in [0.15, 0.2) is 0 Å². The Bertz CT molecular complexity index is 250. The molecule has 2 heterocycles. The number of nitrogens with one attached hydrogen (secondary N) is 1. The second-order valence-electron chi connectivity index (χ2n) is 6.08. The summed E-state index contributed by atoms with van der Waals surface area (Å²) in [5, 5.41) is 3.45. The van der Waals surface area contributed by atoms with Crippen LogP contribution in [0.4, 0.5) is 0 Å². The molecule has 1 saturated carbocycles. The first-order valence-corrected chi connectivity index (χ1v) is 7.33. The number of rotatable bonds is 3. The zero-order chi connectivity index (χ0) is 11.6. The Morgan fingerprint density at radius 3 is 2.78 bits per heavy atom. The lowest BCUT2D eigenvalue weighted by atomic mass is 9.90. The molecule has 0 unspecified atom stereocenters. The van der Waals surface area contributed by atoms with Gasteiger partial charge in [0.15, 0.2) is 0 Å². The number of hydrogen-bond donors (Lipinski definition) is 1. The third kappa shape index (κ3) is 3.38. The van der Waals surface area contributed by atoms with E-state index in [4.69, 9.17) is 9.47 Å². The minimum atomic E-state index is 0. The van der Waals surface area contributed by atoms with Crippen LogP contribution in [0.25, 0.3) is 0 Å². The van der Waals surface area contributed by atoms with Crippen molar-refractivity contribution in [3.63, 3.8) is 0 Å². The molecule has 3 fully saturated rings. The molecule has 3 aliphatic rings. The van der Waals surface area contributed by atoms with E-state index in [-0.39, 0.29) is 18.0 Å². The van der Waals surface area contributed by atoms with E-state index in [9.17, 15) is 0 Å².